The van der Waals surface area contributed by atoms with Crippen LogP contribution in [0.2, 0.25) is 5.02 Å². The second kappa shape index (κ2) is 8.32. The molecular formula is C16H14ClN3OS. The second-order valence-corrected chi connectivity index (χ2v) is 5.91. The maximum absolute atomic E-state index is 12.0. The SMILES string of the molecule is N#CCCSc1ccccc1NC(=O)Nc1ccc(Cl)cc1. The Hall–Kier alpha value is -2.16. The zero-order valence-electron chi connectivity index (χ0n) is 11.7. The molecule has 0 atom stereocenters. The Morgan fingerprint density at radius 1 is 1.14 bits per heavy atom. The number of amides is 2. The lowest BCUT2D eigenvalue weighted by Crippen LogP contribution is -2.19. The predicted octanol–water partition coefficient (Wildman–Crippen LogP) is 4.99. The van der Waals surface area contributed by atoms with E-state index in [9.17, 15) is 4.79 Å². The van der Waals surface area contributed by atoms with Crippen molar-refractivity contribution in [3.63, 3.8) is 0 Å². The van der Waals surface area contributed by atoms with Crippen LogP contribution >= 0.6 is 23.4 Å². The minimum atomic E-state index is -0.323. The van der Waals surface area contributed by atoms with E-state index in [4.69, 9.17) is 16.9 Å². The molecule has 4 nitrogen and oxygen atoms in total. The van der Waals surface area contributed by atoms with Gasteiger partial charge < -0.3 is 10.6 Å². The van der Waals surface area contributed by atoms with E-state index in [1.807, 2.05) is 24.3 Å². The van der Waals surface area contributed by atoms with Gasteiger partial charge in [0.1, 0.15) is 0 Å². The van der Waals surface area contributed by atoms with Gasteiger partial charge in [0.05, 0.1) is 11.8 Å². The number of para-hydroxylation sites is 1. The predicted molar refractivity (Wildman–Crippen MR) is 91.5 cm³/mol. The zero-order chi connectivity index (χ0) is 15.8. The largest absolute Gasteiger partial charge is 0.323 e. The Morgan fingerprint density at radius 3 is 2.59 bits per heavy atom. The van der Waals surface area contributed by atoms with Gasteiger partial charge in [-0.1, -0.05) is 23.7 Å². The molecule has 0 aliphatic heterocycles. The van der Waals surface area contributed by atoms with E-state index in [1.54, 1.807) is 24.3 Å². The number of carbonyl (C=O) groups is 1. The van der Waals surface area contributed by atoms with Crippen molar-refractivity contribution in [3.8, 4) is 6.07 Å². The Kier molecular flexibility index (Phi) is 6.13. The molecule has 0 fully saturated rings. The van der Waals surface area contributed by atoms with Crippen molar-refractivity contribution in [2.75, 3.05) is 16.4 Å². The molecule has 2 rings (SSSR count). The summed E-state index contributed by atoms with van der Waals surface area (Å²) in [6.07, 6.45) is 0.468. The molecule has 0 aliphatic carbocycles. The van der Waals surface area contributed by atoms with Crippen molar-refractivity contribution >= 4 is 40.8 Å². The number of halogens is 1. The van der Waals surface area contributed by atoms with Gasteiger partial charge in [-0.15, -0.1) is 11.8 Å². The standard InChI is InChI=1S/C16H14ClN3OS/c17-12-6-8-13(9-7-12)19-16(21)20-14-4-1-2-5-15(14)22-11-3-10-18/h1-2,4-9H,3,11H2,(H2,19,20,21). The number of urea groups is 1. The van der Waals surface area contributed by atoms with Crippen LogP contribution in [-0.2, 0) is 0 Å². The second-order valence-electron chi connectivity index (χ2n) is 4.34. The van der Waals surface area contributed by atoms with Crippen molar-refractivity contribution < 1.29 is 4.79 Å². The van der Waals surface area contributed by atoms with E-state index in [0.717, 1.165) is 10.6 Å². The number of thioether (sulfide) groups is 1. The lowest BCUT2D eigenvalue weighted by Gasteiger charge is -2.11. The Balaban J connectivity index is 1.99. The summed E-state index contributed by atoms with van der Waals surface area (Å²) in [6, 6.07) is 16.2. The molecule has 0 heterocycles. The first-order valence-corrected chi connectivity index (χ1v) is 7.98. The quantitative estimate of drug-likeness (QED) is 0.599. The summed E-state index contributed by atoms with van der Waals surface area (Å²) in [5.41, 5.74) is 1.38. The van der Waals surface area contributed by atoms with E-state index in [-0.39, 0.29) is 6.03 Å². The van der Waals surface area contributed by atoms with Crippen molar-refractivity contribution in [3.05, 3.63) is 53.6 Å². The first-order valence-electron chi connectivity index (χ1n) is 6.61. The first-order chi connectivity index (χ1) is 10.7. The number of carbonyl (C=O) groups excluding carboxylic acids is 1. The average Bonchev–Trinajstić information content (AvgIpc) is 2.51. The summed E-state index contributed by atoms with van der Waals surface area (Å²) in [5, 5.41) is 14.8. The minimum absolute atomic E-state index is 0.323. The van der Waals surface area contributed by atoms with Crippen LogP contribution in [0.4, 0.5) is 16.2 Å². The number of hydrogen-bond donors (Lipinski definition) is 2. The van der Waals surface area contributed by atoms with Crippen LogP contribution in [0.1, 0.15) is 6.42 Å². The van der Waals surface area contributed by atoms with E-state index >= 15 is 0 Å². The van der Waals surface area contributed by atoms with Crippen molar-refractivity contribution in [1.29, 1.82) is 5.26 Å². The van der Waals surface area contributed by atoms with Gasteiger partial charge in [0, 0.05) is 27.8 Å². The van der Waals surface area contributed by atoms with E-state index < -0.39 is 0 Å². The summed E-state index contributed by atoms with van der Waals surface area (Å²) in [6.45, 7) is 0. The fourth-order valence-electron chi connectivity index (χ4n) is 1.72. The number of anilines is 2. The highest BCUT2D eigenvalue weighted by atomic mass is 35.5. The zero-order valence-corrected chi connectivity index (χ0v) is 13.2. The lowest BCUT2D eigenvalue weighted by atomic mass is 10.3. The van der Waals surface area contributed by atoms with Gasteiger partial charge in [0.15, 0.2) is 0 Å². The minimum Gasteiger partial charge on any atom is -0.308 e. The molecule has 0 saturated heterocycles. The number of benzene rings is 2. The smallest absolute Gasteiger partial charge is 0.308 e. The topological polar surface area (TPSA) is 64.9 Å². The molecule has 0 bridgehead atoms. The van der Waals surface area contributed by atoms with Crippen LogP contribution in [0, 0.1) is 11.3 Å². The molecule has 2 aromatic rings. The molecule has 2 amide bonds. The molecular weight excluding hydrogens is 318 g/mol. The number of hydrogen-bond acceptors (Lipinski definition) is 3. The van der Waals surface area contributed by atoms with E-state index in [2.05, 4.69) is 16.7 Å². The number of nitrogens with one attached hydrogen (secondary N) is 2. The van der Waals surface area contributed by atoms with Crippen LogP contribution in [0.5, 0.6) is 0 Å². The van der Waals surface area contributed by atoms with Gasteiger partial charge in [-0.2, -0.15) is 5.26 Å². The highest BCUT2D eigenvalue weighted by Gasteiger charge is 2.07. The number of nitriles is 1. The normalized spacial score (nSPS) is 9.82. The van der Waals surface area contributed by atoms with Crippen molar-refractivity contribution in [1.82, 2.24) is 0 Å². The maximum Gasteiger partial charge on any atom is 0.323 e. The molecule has 0 saturated carbocycles. The molecule has 6 heteroatoms. The summed E-state index contributed by atoms with van der Waals surface area (Å²) in [4.78, 5) is 13.0. The van der Waals surface area contributed by atoms with Gasteiger partial charge in [-0.3, -0.25) is 0 Å². The summed E-state index contributed by atoms with van der Waals surface area (Å²) in [5.74, 6) is 0.688. The van der Waals surface area contributed by atoms with E-state index in [1.165, 1.54) is 11.8 Å². The Labute approximate surface area is 138 Å². The van der Waals surface area contributed by atoms with Crippen molar-refractivity contribution in [2.45, 2.75) is 11.3 Å². The third-order valence-corrected chi connectivity index (χ3v) is 4.04. The van der Waals surface area contributed by atoms with Crippen LogP contribution in [0.15, 0.2) is 53.4 Å². The summed E-state index contributed by atoms with van der Waals surface area (Å²) >= 11 is 7.34. The molecule has 0 unspecified atom stereocenters. The fraction of sp³-hybridized carbons (Fsp3) is 0.125. The monoisotopic (exact) mass is 331 g/mol. The molecule has 2 aromatic carbocycles. The van der Waals surface area contributed by atoms with Crippen LogP contribution < -0.4 is 10.6 Å². The van der Waals surface area contributed by atoms with Crippen LogP contribution in [0.25, 0.3) is 0 Å². The summed E-state index contributed by atoms with van der Waals surface area (Å²) in [7, 11) is 0. The van der Waals surface area contributed by atoms with Crippen LogP contribution in [-0.4, -0.2) is 11.8 Å². The average molecular weight is 332 g/mol. The van der Waals surface area contributed by atoms with Crippen LogP contribution in [0.3, 0.4) is 0 Å². The number of rotatable bonds is 5. The Morgan fingerprint density at radius 2 is 1.86 bits per heavy atom. The molecule has 0 aliphatic rings. The maximum atomic E-state index is 12.0. The van der Waals surface area contributed by atoms with Gasteiger partial charge in [0.25, 0.3) is 0 Å². The molecule has 0 radical (unpaired) electrons. The third-order valence-electron chi connectivity index (χ3n) is 2.71. The Bertz CT molecular complexity index is 683. The number of nitrogens with zero attached hydrogens (tertiary/aromatic N) is 1. The summed E-state index contributed by atoms with van der Waals surface area (Å²) < 4.78 is 0. The highest BCUT2D eigenvalue weighted by Crippen LogP contribution is 2.27. The molecule has 0 aromatic heterocycles. The van der Waals surface area contributed by atoms with Gasteiger partial charge >= 0.3 is 6.03 Å². The molecule has 22 heavy (non-hydrogen) atoms. The molecule has 0 spiro atoms. The molecule has 2 N–H and O–H groups in total. The highest BCUT2D eigenvalue weighted by molar-refractivity contribution is 7.99. The lowest BCUT2D eigenvalue weighted by molar-refractivity contribution is 0.262. The van der Waals surface area contributed by atoms with Gasteiger partial charge in [-0.25, -0.2) is 4.79 Å². The fourth-order valence-corrected chi connectivity index (χ4v) is 2.71. The third kappa shape index (κ3) is 4.99. The first kappa shape index (κ1) is 16.2. The molecule has 112 valence electrons. The van der Waals surface area contributed by atoms with Gasteiger partial charge in [-0.05, 0) is 36.4 Å². The van der Waals surface area contributed by atoms with Gasteiger partial charge in [0.2, 0.25) is 0 Å². The van der Waals surface area contributed by atoms with E-state index in [0.29, 0.717) is 22.9 Å². The van der Waals surface area contributed by atoms with Crippen molar-refractivity contribution in [2.24, 2.45) is 0 Å².